The summed E-state index contributed by atoms with van der Waals surface area (Å²) >= 11 is 1.63. The zero-order valence-electron chi connectivity index (χ0n) is 15.7. The van der Waals surface area contributed by atoms with Gasteiger partial charge in [0.15, 0.2) is 12.4 Å². The van der Waals surface area contributed by atoms with E-state index in [4.69, 9.17) is 15.3 Å². The summed E-state index contributed by atoms with van der Waals surface area (Å²) in [5, 5.41) is 6.49. The zero-order valence-corrected chi connectivity index (χ0v) is 16.6. The van der Waals surface area contributed by atoms with Crippen LogP contribution in [0.3, 0.4) is 0 Å². The molecule has 1 aromatic heterocycles. The summed E-state index contributed by atoms with van der Waals surface area (Å²) in [6, 6.07) is 20.2. The summed E-state index contributed by atoms with van der Waals surface area (Å²) < 4.78 is 5.62. The Morgan fingerprint density at radius 1 is 1.10 bits per heavy atom. The van der Waals surface area contributed by atoms with Crippen molar-refractivity contribution in [3.05, 3.63) is 78.5 Å². The third-order valence-electron chi connectivity index (χ3n) is 3.73. The van der Waals surface area contributed by atoms with Crippen molar-refractivity contribution in [3.63, 3.8) is 0 Å². The molecule has 0 aliphatic carbocycles. The summed E-state index contributed by atoms with van der Waals surface area (Å²) in [6.45, 7) is -0.256. The number of nitrogens with two attached hydrogens (primary N) is 1. The number of ether oxygens (including phenoxy) is 1. The van der Waals surface area contributed by atoms with E-state index in [9.17, 15) is 4.79 Å². The first-order chi connectivity index (χ1) is 14.1. The number of benzene rings is 2. The molecule has 1 amide bonds. The van der Waals surface area contributed by atoms with Crippen molar-refractivity contribution in [2.75, 3.05) is 18.2 Å². The fourth-order valence-corrected chi connectivity index (χ4v) is 2.69. The first-order valence-corrected chi connectivity index (χ1v) is 9.95. The van der Waals surface area contributed by atoms with Gasteiger partial charge in [0.25, 0.3) is 5.91 Å². The van der Waals surface area contributed by atoms with Gasteiger partial charge in [0, 0.05) is 28.4 Å². The molecule has 0 aliphatic heterocycles. The minimum absolute atomic E-state index is 0.112. The number of amidine groups is 1. The molecule has 3 N–H and O–H groups in total. The van der Waals surface area contributed by atoms with Gasteiger partial charge in [-0.1, -0.05) is 23.4 Å². The smallest absolute Gasteiger partial charge is 0.265 e. The van der Waals surface area contributed by atoms with Crippen LogP contribution in [0.4, 0.5) is 5.69 Å². The summed E-state index contributed by atoms with van der Waals surface area (Å²) in [5.41, 5.74) is 7.12. The molecule has 8 heteroatoms. The number of para-hydroxylation sites is 1. The van der Waals surface area contributed by atoms with E-state index in [1.807, 2.05) is 60.9 Å². The topological polar surface area (TPSA) is 98.8 Å². The minimum Gasteiger partial charge on any atom is -0.439 e. The van der Waals surface area contributed by atoms with Crippen molar-refractivity contribution >= 4 is 29.2 Å². The average Bonchev–Trinajstić information content (AvgIpc) is 2.75. The van der Waals surface area contributed by atoms with Gasteiger partial charge in [-0.05, 0) is 48.7 Å². The second kappa shape index (κ2) is 10.1. The van der Waals surface area contributed by atoms with Crippen molar-refractivity contribution in [2.24, 2.45) is 10.9 Å². The molecule has 0 spiro atoms. The lowest BCUT2D eigenvalue weighted by Crippen LogP contribution is -2.19. The van der Waals surface area contributed by atoms with Crippen LogP contribution in [-0.2, 0) is 9.63 Å². The van der Waals surface area contributed by atoms with Crippen molar-refractivity contribution < 1.29 is 14.4 Å². The number of nitrogens with zero attached hydrogens (tertiary/aromatic N) is 2. The number of pyridine rings is 1. The second-order valence-corrected chi connectivity index (χ2v) is 6.71. The van der Waals surface area contributed by atoms with Crippen LogP contribution < -0.4 is 15.8 Å². The number of oxime groups is 1. The summed E-state index contributed by atoms with van der Waals surface area (Å²) in [6.07, 6.45) is 3.51. The Bertz CT molecular complexity index is 961. The number of carbonyl (C=O) groups is 1. The third kappa shape index (κ3) is 6.25. The lowest BCUT2D eigenvalue weighted by molar-refractivity contribution is -0.120. The predicted molar refractivity (Wildman–Crippen MR) is 114 cm³/mol. The monoisotopic (exact) mass is 408 g/mol. The van der Waals surface area contributed by atoms with E-state index < -0.39 is 0 Å². The summed E-state index contributed by atoms with van der Waals surface area (Å²) in [4.78, 5) is 22.3. The van der Waals surface area contributed by atoms with Gasteiger partial charge in [0.2, 0.25) is 5.88 Å². The second-order valence-electron chi connectivity index (χ2n) is 5.83. The fraction of sp³-hybridized carbons (Fsp3) is 0.0952. The molecule has 3 rings (SSSR count). The van der Waals surface area contributed by atoms with E-state index in [1.165, 1.54) is 6.20 Å². The number of hydrogen-bond donors (Lipinski definition) is 2. The third-order valence-corrected chi connectivity index (χ3v) is 4.47. The Labute approximate surface area is 172 Å². The molecule has 0 atom stereocenters. The summed E-state index contributed by atoms with van der Waals surface area (Å²) in [5.74, 6) is 0.899. The molecule has 0 radical (unpaired) electrons. The van der Waals surface area contributed by atoms with Gasteiger partial charge < -0.3 is 20.6 Å². The number of hydrogen-bond acceptors (Lipinski definition) is 6. The van der Waals surface area contributed by atoms with Crippen molar-refractivity contribution in [3.8, 4) is 11.6 Å². The first-order valence-electron chi connectivity index (χ1n) is 8.73. The molecular formula is C21H20N4O3S. The molecule has 0 unspecified atom stereocenters. The SMILES string of the molecule is CSc1ccc(NC(=O)CO/N=C(/N)c2ccc(Oc3ccccc3)nc2)cc1. The maximum absolute atomic E-state index is 11.9. The fourth-order valence-electron chi connectivity index (χ4n) is 2.29. The maximum Gasteiger partial charge on any atom is 0.265 e. The quantitative estimate of drug-likeness (QED) is 0.254. The molecule has 2 aromatic carbocycles. The van der Waals surface area contributed by atoms with Crippen LogP contribution in [0.25, 0.3) is 0 Å². The first kappa shape index (κ1) is 20.2. The van der Waals surface area contributed by atoms with Crippen LogP contribution in [0, 0.1) is 0 Å². The molecular weight excluding hydrogens is 388 g/mol. The van der Waals surface area contributed by atoms with E-state index in [1.54, 1.807) is 23.9 Å². The number of amides is 1. The molecule has 7 nitrogen and oxygen atoms in total. The molecule has 0 saturated carbocycles. The van der Waals surface area contributed by atoms with Gasteiger partial charge in [-0.3, -0.25) is 4.79 Å². The molecule has 29 heavy (non-hydrogen) atoms. The summed E-state index contributed by atoms with van der Waals surface area (Å²) in [7, 11) is 0. The van der Waals surface area contributed by atoms with Gasteiger partial charge in [-0.15, -0.1) is 11.8 Å². The number of anilines is 1. The lowest BCUT2D eigenvalue weighted by atomic mass is 10.3. The van der Waals surface area contributed by atoms with Crippen LogP contribution in [0.15, 0.2) is 83.0 Å². The van der Waals surface area contributed by atoms with E-state index in [0.29, 0.717) is 22.9 Å². The van der Waals surface area contributed by atoms with Crippen LogP contribution in [0.2, 0.25) is 0 Å². The molecule has 0 fully saturated rings. The Hall–Kier alpha value is -3.52. The highest BCUT2D eigenvalue weighted by molar-refractivity contribution is 7.98. The number of nitrogens with one attached hydrogen (secondary N) is 1. The molecule has 0 saturated heterocycles. The average molecular weight is 408 g/mol. The molecule has 0 bridgehead atoms. The van der Waals surface area contributed by atoms with Crippen LogP contribution in [0.5, 0.6) is 11.6 Å². The molecule has 3 aromatic rings. The molecule has 1 heterocycles. The lowest BCUT2D eigenvalue weighted by Gasteiger charge is -2.06. The predicted octanol–water partition coefficient (Wildman–Crippen LogP) is 3.87. The van der Waals surface area contributed by atoms with Gasteiger partial charge >= 0.3 is 0 Å². The Balaban J connectivity index is 1.49. The standard InChI is InChI=1S/C21H20N4O3S/c1-29-18-10-8-16(9-11-18)24-19(26)14-27-25-21(22)15-7-12-20(23-13-15)28-17-5-3-2-4-6-17/h2-13H,14H2,1H3,(H2,22,25)(H,24,26). The number of carbonyl (C=O) groups excluding carboxylic acids is 1. The zero-order chi connectivity index (χ0) is 20.5. The highest BCUT2D eigenvalue weighted by Gasteiger charge is 2.05. The van der Waals surface area contributed by atoms with Crippen molar-refractivity contribution in [2.45, 2.75) is 4.90 Å². The van der Waals surface area contributed by atoms with Crippen LogP contribution in [0.1, 0.15) is 5.56 Å². The van der Waals surface area contributed by atoms with Crippen LogP contribution >= 0.6 is 11.8 Å². The Morgan fingerprint density at radius 3 is 2.52 bits per heavy atom. The van der Waals surface area contributed by atoms with E-state index in [-0.39, 0.29) is 18.3 Å². The van der Waals surface area contributed by atoms with E-state index >= 15 is 0 Å². The number of aromatic nitrogens is 1. The van der Waals surface area contributed by atoms with E-state index in [0.717, 1.165) is 4.90 Å². The normalized spacial score (nSPS) is 11.0. The Kier molecular flexibility index (Phi) is 7.07. The number of thioether (sulfide) groups is 1. The Morgan fingerprint density at radius 2 is 1.86 bits per heavy atom. The van der Waals surface area contributed by atoms with Gasteiger partial charge in [-0.2, -0.15) is 0 Å². The molecule has 148 valence electrons. The number of rotatable bonds is 8. The van der Waals surface area contributed by atoms with Crippen molar-refractivity contribution in [1.82, 2.24) is 4.98 Å². The largest absolute Gasteiger partial charge is 0.439 e. The highest BCUT2D eigenvalue weighted by Crippen LogP contribution is 2.19. The highest BCUT2D eigenvalue weighted by atomic mass is 32.2. The van der Waals surface area contributed by atoms with Gasteiger partial charge in [0.1, 0.15) is 5.75 Å². The molecule has 0 aliphatic rings. The van der Waals surface area contributed by atoms with Gasteiger partial charge in [-0.25, -0.2) is 4.98 Å². The van der Waals surface area contributed by atoms with E-state index in [2.05, 4.69) is 15.5 Å². The maximum atomic E-state index is 11.9. The van der Waals surface area contributed by atoms with Crippen molar-refractivity contribution in [1.29, 1.82) is 0 Å². The van der Waals surface area contributed by atoms with Gasteiger partial charge in [0.05, 0.1) is 0 Å². The minimum atomic E-state index is -0.330. The van der Waals surface area contributed by atoms with Crippen LogP contribution in [-0.4, -0.2) is 29.6 Å².